The number of aliphatic hydroxyl groups is 1. The molecule has 15 heavy (non-hydrogen) atoms. The molecule has 1 aromatic heterocycles. The Morgan fingerprint density at radius 2 is 2.40 bits per heavy atom. The molecule has 2 heterocycles. The number of rotatable bonds is 3. The van der Waals surface area contributed by atoms with Gasteiger partial charge in [-0.3, -0.25) is 0 Å². The lowest BCUT2D eigenvalue weighted by atomic mass is 10.2. The van der Waals surface area contributed by atoms with E-state index in [9.17, 15) is 5.11 Å². The zero-order valence-electron chi connectivity index (χ0n) is 9.16. The maximum absolute atomic E-state index is 9.75. The largest absolute Gasteiger partial charge is 0.386 e. The summed E-state index contributed by atoms with van der Waals surface area (Å²) in [5, 5.41) is 14.0. The molecule has 1 unspecified atom stereocenters. The van der Waals surface area contributed by atoms with Crippen molar-refractivity contribution in [1.82, 2.24) is 15.2 Å². The molecule has 5 heteroatoms. The first-order valence-electron chi connectivity index (χ1n) is 5.19. The molecule has 4 nitrogen and oxygen atoms in total. The number of nitrogens with one attached hydrogen (secondary N) is 1. The minimum absolute atomic E-state index is 0.362. The van der Waals surface area contributed by atoms with Crippen molar-refractivity contribution in [2.24, 2.45) is 0 Å². The van der Waals surface area contributed by atoms with Gasteiger partial charge in [-0.25, -0.2) is 4.98 Å². The lowest BCUT2D eigenvalue weighted by Crippen LogP contribution is -2.26. The summed E-state index contributed by atoms with van der Waals surface area (Å²) in [6.07, 6.45) is 0.608. The predicted molar refractivity (Wildman–Crippen MR) is 61.0 cm³/mol. The zero-order valence-corrected chi connectivity index (χ0v) is 9.97. The zero-order chi connectivity index (χ0) is 10.8. The van der Waals surface area contributed by atoms with Crippen molar-refractivity contribution < 1.29 is 5.11 Å². The van der Waals surface area contributed by atoms with Gasteiger partial charge in [0.2, 0.25) is 0 Å². The van der Waals surface area contributed by atoms with Gasteiger partial charge in [-0.1, -0.05) is 0 Å². The van der Waals surface area contributed by atoms with Crippen molar-refractivity contribution in [2.45, 2.75) is 19.1 Å². The summed E-state index contributed by atoms with van der Waals surface area (Å²) in [4.78, 5) is 7.75. The first-order valence-corrected chi connectivity index (χ1v) is 6.00. The molecule has 0 amide bonds. The highest BCUT2D eigenvalue weighted by atomic mass is 32.1. The van der Waals surface area contributed by atoms with Crippen LogP contribution in [0.3, 0.4) is 0 Å². The van der Waals surface area contributed by atoms with E-state index in [0.29, 0.717) is 6.54 Å². The number of likely N-dealkylation sites (N-methyl/N-ethyl adjacent to an activating group) is 1. The molecule has 0 saturated heterocycles. The molecule has 0 saturated carbocycles. The molecule has 0 aliphatic carbocycles. The minimum Gasteiger partial charge on any atom is -0.386 e. The Hall–Kier alpha value is -0.490. The first-order chi connectivity index (χ1) is 7.16. The van der Waals surface area contributed by atoms with Gasteiger partial charge in [0.05, 0.1) is 15.6 Å². The molecule has 0 bridgehead atoms. The molecule has 0 aromatic carbocycles. The molecule has 0 radical (unpaired) electrons. The second kappa shape index (κ2) is 4.57. The Morgan fingerprint density at radius 3 is 3.07 bits per heavy atom. The fourth-order valence-corrected chi connectivity index (χ4v) is 2.71. The Morgan fingerprint density at radius 1 is 1.60 bits per heavy atom. The van der Waals surface area contributed by atoms with Crippen LogP contribution in [0.2, 0.25) is 0 Å². The number of nitrogens with zero attached hydrogens (tertiary/aromatic N) is 2. The molecule has 0 fully saturated rings. The minimum atomic E-state index is -0.362. The van der Waals surface area contributed by atoms with Crippen LogP contribution in [0.1, 0.15) is 21.7 Å². The number of β-amino-alcohol motifs (C(OH)–C–C–N with tert-alkyl or cyclic N) is 1. The van der Waals surface area contributed by atoms with Gasteiger partial charge >= 0.3 is 0 Å². The monoisotopic (exact) mass is 227 g/mol. The number of hydrogen-bond acceptors (Lipinski definition) is 5. The molecule has 0 spiro atoms. The summed E-state index contributed by atoms with van der Waals surface area (Å²) in [7, 11) is 4.12. The molecule has 1 aliphatic rings. The van der Waals surface area contributed by atoms with E-state index >= 15 is 0 Å². The van der Waals surface area contributed by atoms with Gasteiger partial charge in [0.25, 0.3) is 0 Å². The smallest absolute Gasteiger partial charge is 0.102 e. The lowest BCUT2D eigenvalue weighted by molar-refractivity contribution is 0.168. The van der Waals surface area contributed by atoms with Crippen LogP contribution in [0.15, 0.2) is 0 Å². The molecule has 1 aromatic rings. The van der Waals surface area contributed by atoms with Crippen LogP contribution in [0, 0.1) is 0 Å². The topological polar surface area (TPSA) is 48.4 Å². The van der Waals surface area contributed by atoms with E-state index in [-0.39, 0.29) is 6.10 Å². The van der Waals surface area contributed by atoms with Gasteiger partial charge in [0.1, 0.15) is 6.10 Å². The summed E-state index contributed by atoms with van der Waals surface area (Å²) >= 11 is 1.66. The summed E-state index contributed by atoms with van der Waals surface area (Å²) in [5.74, 6) is 0. The van der Waals surface area contributed by atoms with Crippen LogP contribution < -0.4 is 5.32 Å². The van der Waals surface area contributed by atoms with Crippen LogP contribution in [-0.2, 0) is 13.0 Å². The Bertz CT molecular complexity index is 337. The van der Waals surface area contributed by atoms with E-state index in [1.165, 1.54) is 0 Å². The third-order valence-corrected chi connectivity index (χ3v) is 3.74. The third-order valence-electron chi connectivity index (χ3n) is 2.48. The SMILES string of the molecule is CN(C)CCc1nc2c(s1)C(O)CNC2. The van der Waals surface area contributed by atoms with Gasteiger partial charge in [-0.2, -0.15) is 0 Å². The van der Waals surface area contributed by atoms with Crippen molar-refractivity contribution >= 4 is 11.3 Å². The summed E-state index contributed by atoms with van der Waals surface area (Å²) in [6.45, 7) is 2.46. The quantitative estimate of drug-likeness (QED) is 0.784. The average molecular weight is 227 g/mol. The van der Waals surface area contributed by atoms with E-state index < -0.39 is 0 Å². The molecular weight excluding hydrogens is 210 g/mol. The number of hydrogen-bond donors (Lipinski definition) is 2. The molecule has 84 valence electrons. The normalized spacial score (nSPS) is 20.7. The highest BCUT2D eigenvalue weighted by molar-refractivity contribution is 7.11. The van der Waals surface area contributed by atoms with E-state index in [4.69, 9.17) is 0 Å². The van der Waals surface area contributed by atoms with Crippen LogP contribution in [0.5, 0.6) is 0 Å². The Balaban J connectivity index is 2.08. The van der Waals surface area contributed by atoms with E-state index in [0.717, 1.165) is 35.1 Å². The van der Waals surface area contributed by atoms with Crippen molar-refractivity contribution in [2.75, 3.05) is 27.2 Å². The summed E-state index contributed by atoms with van der Waals surface area (Å²) < 4.78 is 0. The fraction of sp³-hybridized carbons (Fsp3) is 0.700. The van der Waals surface area contributed by atoms with Crippen molar-refractivity contribution in [3.8, 4) is 0 Å². The van der Waals surface area contributed by atoms with Crippen LogP contribution in [0.25, 0.3) is 0 Å². The van der Waals surface area contributed by atoms with Crippen LogP contribution in [-0.4, -0.2) is 42.2 Å². The second-order valence-electron chi connectivity index (χ2n) is 4.12. The molecule has 2 N–H and O–H groups in total. The van der Waals surface area contributed by atoms with Gasteiger partial charge in [-0.05, 0) is 14.1 Å². The first kappa shape index (κ1) is 11.0. The van der Waals surface area contributed by atoms with Crippen molar-refractivity contribution in [3.05, 3.63) is 15.6 Å². The summed E-state index contributed by atoms with van der Waals surface area (Å²) in [6, 6.07) is 0. The number of fused-ring (bicyclic) bond motifs is 1. The third kappa shape index (κ3) is 2.55. The maximum Gasteiger partial charge on any atom is 0.102 e. The van der Waals surface area contributed by atoms with Crippen molar-refractivity contribution in [1.29, 1.82) is 0 Å². The number of aromatic nitrogens is 1. The Labute approximate surface area is 93.9 Å². The van der Waals surface area contributed by atoms with E-state index in [2.05, 4.69) is 29.3 Å². The molecule has 2 rings (SSSR count). The van der Waals surface area contributed by atoms with E-state index in [1.807, 2.05) is 0 Å². The van der Waals surface area contributed by atoms with Crippen molar-refractivity contribution in [3.63, 3.8) is 0 Å². The number of thiazole rings is 1. The summed E-state index contributed by atoms with van der Waals surface area (Å²) in [5.41, 5.74) is 1.03. The molecule has 1 atom stereocenters. The highest BCUT2D eigenvalue weighted by Gasteiger charge is 2.21. The fourth-order valence-electron chi connectivity index (χ4n) is 1.65. The van der Waals surface area contributed by atoms with Gasteiger partial charge in [0, 0.05) is 26.1 Å². The average Bonchev–Trinajstić information content (AvgIpc) is 2.59. The van der Waals surface area contributed by atoms with Crippen LogP contribution in [0.4, 0.5) is 0 Å². The van der Waals surface area contributed by atoms with Gasteiger partial charge in [0.15, 0.2) is 0 Å². The van der Waals surface area contributed by atoms with Crippen LogP contribution >= 0.6 is 11.3 Å². The predicted octanol–water partition coefficient (Wildman–Crippen LogP) is 0.384. The van der Waals surface area contributed by atoms with Gasteiger partial charge < -0.3 is 15.3 Å². The standard InChI is InChI=1S/C10H17N3OS/c1-13(2)4-3-9-12-7-5-11-6-8(14)10(7)15-9/h8,11,14H,3-6H2,1-2H3. The lowest BCUT2D eigenvalue weighted by Gasteiger charge is -2.16. The highest BCUT2D eigenvalue weighted by Crippen LogP contribution is 2.28. The van der Waals surface area contributed by atoms with Gasteiger partial charge in [-0.15, -0.1) is 11.3 Å². The van der Waals surface area contributed by atoms with E-state index in [1.54, 1.807) is 11.3 Å². The Kier molecular flexibility index (Phi) is 3.35. The maximum atomic E-state index is 9.75. The molecular formula is C10H17N3OS. The second-order valence-corrected chi connectivity index (χ2v) is 5.23. The molecule has 1 aliphatic heterocycles. The number of aliphatic hydroxyl groups excluding tert-OH is 1.